The molecule has 1 heterocycles. The van der Waals surface area contributed by atoms with E-state index in [0.29, 0.717) is 5.92 Å². The van der Waals surface area contributed by atoms with Gasteiger partial charge in [-0.3, -0.25) is 0 Å². The van der Waals surface area contributed by atoms with Crippen molar-refractivity contribution in [3.05, 3.63) is 18.2 Å². The number of imidazole rings is 1. The van der Waals surface area contributed by atoms with Crippen LogP contribution in [0.25, 0.3) is 0 Å². The maximum Gasteiger partial charge on any atom is 0.258 e. The molecule has 1 aromatic rings. The second-order valence-corrected chi connectivity index (χ2v) is 7.03. The Hall–Kier alpha value is -0.790. The molecule has 0 aliphatic rings. The van der Waals surface area contributed by atoms with Gasteiger partial charge >= 0.3 is 0 Å². The number of hydrogen-bond donors (Lipinski definition) is 0. The Kier molecular flexibility index (Phi) is 10.3. The lowest BCUT2D eigenvalue weighted by molar-refractivity contribution is -0.705. The summed E-state index contributed by atoms with van der Waals surface area (Å²) in [6, 6.07) is 0. The van der Waals surface area contributed by atoms with E-state index < -0.39 is 0 Å². The molecule has 0 atom stereocenters. The molecule has 0 unspecified atom stereocenters. The molecule has 0 aliphatic carbocycles. The van der Waals surface area contributed by atoms with Gasteiger partial charge in [-0.25, -0.2) is 9.13 Å². The molecule has 0 N–H and O–H groups in total. The Bertz CT molecular complexity index is 379. The normalized spacial score (nSPS) is 11.5. The average Bonchev–Trinajstić information content (AvgIpc) is 2.91. The molecular formula is C20H39N2+. The summed E-state index contributed by atoms with van der Waals surface area (Å²) in [7, 11) is 0. The molecule has 0 saturated heterocycles. The Morgan fingerprint density at radius 3 is 2.05 bits per heavy atom. The van der Waals surface area contributed by atoms with Crippen molar-refractivity contribution in [1.82, 2.24) is 4.57 Å². The van der Waals surface area contributed by atoms with Crippen LogP contribution in [0, 0.1) is 0 Å². The Morgan fingerprint density at radius 1 is 0.864 bits per heavy atom. The van der Waals surface area contributed by atoms with E-state index in [4.69, 9.17) is 0 Å². The third kappa shape index (κ3) is 6.98. The fourth-order valence-corrected chi connectivity index (χ4v) is 3.26. The maximum absolute atomic E-state index is 2.50. The average molecular weight is 308 g/mol. The number of nitrogens with zero attached hydrogens (tertiary/aromatic N) is 2. The largest absolute Gasteiger partial charge is 0.258 e. The summed E-state index contributed by atoms with van der Waals surface area (Å²) in [6.45, 7) is 11.6. The molecule has 0 fully saturated rings. The lowest BCUT2D eigenvalue weighted by atomic mass is 10.1. The fraction of sp³-hybridized carbons (Fsp3) is 0.850. The van der Waals surface area contributed by atoms with Gasteiger partial charge in [-0.1, -0.05) is 72.6 Å². The molecule has 0 saturated carbocycles. The van der Waals surface area contributed by atoms with E-state index in [-0.39, 0.29) is 0 Å². The van der Waals surface area contributed by atoms with E-state index in [2.05, 4.69) is 49.2 Å². The summed E-state index contributed by atoms with van der Waals surface area (Å²) in [6.07, 6.45) is 18.3. The fourth-order valence-electron chi connectivity index (χ4n) is 3.26. The summed E-state index contributed by atoms with van der Waals surface area (Å²) >= 11 is 0. The molecule has 128 valence electrons. The van der Waals surface area contributed by atoms with E-state index in [1.807, 2.05) is 0 Å². The predicted molar refractivity (Wildman–Crippen MR) is 96.2 cm³/mol. The predicted octanol–water partition coefficient (Wildman–Crippen LogP) is 5.84. The van der Waals surface area contributed by atoms with Crippen molar-refractivity contribution in [2.45, 2.75) is 111 Å². The maximum atomic E-state index is 2.50. The van der Waals surface area contributed by atoms with Crippen LogP contribution in [0.2, 0.25) is 0 Å². The van der Waals surface area contributed by atoms with Crippen molar-refractivity contribution in [3.63, 3.8) is 0 Å². The van der Waals surface area contributed by atoms with Crippen molar-refractivity contribution < 1.29 is 4.57 Å². The monoisotopic (exact) mass is 307 g/mol. The van der Waals surface area contributed by atoms with Crippen molar-refractivity contribution in [2.24, 2.45) is 0 Å². The third-order valence-electron chi connectivity index (χ3n) is 4.54. The molecule has 0 amide bonds. The molecule has 0 radical (unpaired) electrons. The van der Waals surface area contributed by atoms with Crippen molar-refractivity contribution in [2.75, 3.05) is 0 Å². The van der Waals surface area contributed by atoms with E-state index in [1.165, 1.54) is 83.1 Å². The van der Waals surface area contributed by atoms with Crippen LogP contribution in [0.3, 0.4) is 0 Å². The minimum atomic E-state index is 0.612. The lowest BCUT2D eigenvalue weighted by Crippen LogP contribution is -2.38. The summed E-state index contributed by atoms with van der Waals surface area (Å²) in [5.74, 6) is 2.12. The summed E-state index contributed by atoms with van der Waals surface area (Å²) in [4.78, 5) is 0. The Labute approximate surface area is 138 Å². The molecule has 22 heavy (non-hydrogen) atoms. The van der Waals surface area contributed by atoms with E-state index in [9.17, 15) is 0 Å². The zero-order valence-corrected chi connectivity index (χ0v) is 15.6. The first-order chi connectivity index (χ1) is 10.7. The van der Waals surface area contributed by atoms with E-state index in [1.54, 1.807) is 0 Å². The summed E-state index contributed by atoms with van der Waals surface area (Å²) in [5, 5.41) is 0. The zero-order chi connectivity index (χ0) is 16.2. The molecular weight excluding hydrogens is 268 g/mol. The number of aromatic nitrogens is 2. The highest BCUT2D eigenvalue weighted by Crippen LogP contribution is 2.13. The number of unbranched alkanes of at least 4 members (excludes halogenated alkanes) is 8. The molecule has 2 heteroatoms. The standard InChI is InChI=1S/C20H39N2/c1-5-7-9-10-11-12-13-14-16-22-18-17-21(15-8-6-2)20(22)19(3)4/h17-19H,5-16H2,1-4H3/q+1. The minimum Gasteiger partial charge on any atom is -0.234 e. The van der Waals surface area contributed by atoms with Crippen LogP contribution in [0.1, 0.15) is 104 Å². The van der Waals surface area contributed by atoms with Crippen molar-refractivity contribution >= 4 is 0 Å². The Morgan fingerprint density at radius 2 is 1.45 bits per heavy atom. The van der Waals surface area contributed by atoms with Crippen LogP contribution in [0.4, 0.5) is 0 Å². The van der Waals surface area contributed by atoms with Crippen LogP contribution in [-0.2, 0) is 13.1 Å². The smallest absolute Gasteiger partial charge is 0.234 e. The van der Waals surface area contributed by atoms with Gasteiger partial charge < -0.3 is 0 Å². The van der Waals surface area contributed by atoms with Gasteiger partial charge in [0.25, 0.3) is 5.82 Å². The van der Waals surface area contributed by atoms with Gasteiger partial charge in [0.2, 0.25) is 0 Å². The van der Waals surface area contributed by atoms with Crippen LogP contribution in [-0.4, -0.2) is 4.57 Å². The van der Waals surface area contributed by atoms with Gasteiger partial charge in [-0.2, -0.15) is 0 Å². The van der Waals surface area contributed by atoms with Gasteiger partial charge in [0.05, 0.1) is 19.0 Å². The molecule has 2 nitrogen and oxygen atoms in total. The van der Waals surface area contributed by atoms with Crippen molar-refractivity contribution in [1.29, 1.82) is 0 Å². The molecule has 1 rings (SSSR count). The third-order valence-corrected chi connectivity index (χ3v) is 4.54. The molecule has 0 aromatic carbocycles. The molecule has 0 bridgehead atoms. The van der Waals surface area contributed by atoms with Gasteiger partial charge in [0.1, 0.15) is 12.4 Å². The van der Waals surface area contributed by atoms with Gasteiger partial charge in [-0.15, -0.1) is 0 Å². The summed E-state index contributed by atoms with van der Waals surface area (Å²) < 4.78 is 4.97. The number of hydrogen-bond acceptors (Lipinski definition) is 0. The minimum absolute atomic E-state index is 0.612. The first-order valence-corrected chi connectivity index (χ1v) is 9.79. The summed E-state index contributed by atoms with van der Waals surface area (Å²) in [5.41, 5.74) is 0. The molecule has 0 aliphatic heterocycles. The van der Waals surface area contributed by atoms with Crippen molar-refractivity contribution in [3.8, 4) is 0 Å². The van der Waals surface area contributed by atoms with Crippen LogP contribution >= 0.6 is 0 Å². The van der Waals surface area contributed by atoms with Crippen LogP contribution in [0.15, 0.2) is 12.4 Å². The van der Waals surface area contributed by atoms with Gasteiger partial charge in [0, 0.05) is 0 Å². The Balaban J connectivity index is 2.31. The molecule has 1 aromatic heterocycles. The first kappa shape index (κ1) is 19.3. The van der Waals surface area contributed by atoms with E-state index in [0.717, 1.165) is 0 Å². The quantitative estimate of drug-likeness (QED) is 0.320. The zero-order valence-electron chi connectivity index (χ0n) is 15.6. The highest BCUT2D eigenvalue weighted by Gasteiger charge is 2.19. The second-order valence-electron chi connectivity index (χ2n) is 7.03. The molecule has 0 spiro atoms. The van der Waals surface area contributed by atoms with Crippen LogP contribution < -0.4 is 4.57 Å². The highest BCUT2D eigenvalue weighted by molar-refractivity contribution is 4.89. The van der Waals surface area contributed by atoms with Gasteiger partial charge in [-0.05, 0) is 19.3 Å². The topological polar surface area (TPSA) is 8.81 Å². The lowest BCUT2D eigenvalue weighted by Gasteiger charge is -2.08. The highest BCUT2D eigenvalue weighted by atomic mass is 15.1. The van der Waals surface area contributed by atoms with E-state index >= 15 is 0 Å². The van der Waals surface area contributed by atoms with Crippen LogP contribution in [0.5, 0.6) is 0 Å². The number of aryl methyl sites for hydroxylation is 2. The first-order valence-electron chi connectivity index (χ1n) is 9.79. The van der Waals surface area contributed by atoms with Gasteiger partial charge in [0.15, 0.2) is 0 Å². The SMILES string of the molecule is CCCCCCCCCC[n+]1ccn(CCCC)c1C(C)C. The number of rotatable bonds is 13. The second kappa shape index (κ2) is 11.7.